The molecule has 0 saturated carbocycles. The molecule has 1 atom stereocenters. The third kappa shape index (κ3) is 2.35. The van der Waals surface area contributed by atoms with Gasteiger partial charge in [-0.1, -0.05) is 0 Å². The van der Waals surface area contributed by atoms with E-state index in [2.05, 4.69) is 0 Å². The number of amides is 1. The molecule has 0 aromatic carbocycles. The summed E-state index contributed by atoms with van der Waals surface area (Å²) >= 11 is 0. The van der Waals surface area contributed by atoms with E-state index in [0.29, 0.717) is 0 Å². The van der Waals surface area contributed by atoms with Gasteiger partial charge in [-0.15, -0.1) is 0 Å². The molecule has 2 fully saturated rings. The standard InChI is InChI=1S/C13H21NO6/c1-11(2,3)20-10(17)14-5-4-12(6-14,9(15)16)13(18)7-19-8-13/h18H,4-8H2,1-3H3,(H,15,16). The number of carbonyl (C=O) groups is 2. The van der Waals surface area contributed by atoms with Gasteiger partial charge in [-0.05, 0) is 27.2 Å². The fourth-order valence-corrected chi connectivity index (χ4v) is 2.62. The lowest BCUT2D eigenvalue weighted by molar-refractivity contribution is -0.241. The molecule has 2 aliphatic heterocycles. The molecule has 7 nitrogen and oxygen atoms in total. The molecular formula is C13H21NO6. The van der Waals surface area contributed by atoms with Crippen molar-refractivity contribution in [1.82, 2.24) is 4.90 Å². The number of carboxylic acids is 1. The second-order valence-corrected chi connectivity index (χ2v) is 6.56. The molecule has 7 heteroatoms. The summed E-state index contributed by atoms with van der Waals surface area (Å²) in [6.45, 7) is 5.42. The van der Waals surface area contributed by atoms with Crippen LogP contribution in [-0.4, -0.2) is 64.7 Å². The van der Waals surface area contributed by atoms with Gasteiger partial charge in [0.25, 0.3) is 0 Å². The van der Waals surface area contributed by atoms with Gasteiger partial charge >= 0.3 is 12.1 Å². The van der Waals surface area contributed by atoms with Gasteiger partial charge in [0.05, 0.1) is 13.2 Å². The summed E-state index contributed by atoms with van der Waals surface area (Å²) in [5.41, 5.74) is -3.42. The van der Waals surface area contributed by atoms with E-state index < -0.39 is 28.7 Å². The Kier molecular flexibility index (Phi) is 3.46. The van der Waals surface area contributed by atoms with Crippen LogP contribution in [0.2, 0.25) is 0 Å². The highest BCUT2D eigenvalue weighted by atomic mass is 16.6. The van der Waals surface area contributed by atoms with E-state index in [1.807, 2.05) is 0 Å². The van der Waals surface area contributed by atoms with E-state index in [4.69, 9.17) is 9.47 Å². The zero-order valence-electron chi connectivity index (χ0n) is 12.0. The zero-order chi connectivity index (χ0) is 15.2. The summed E-state index contributed by atoms with van der Waals surface area (Å²) in [5.74, 6) is -1.10. The minimum absolute atomic E-state index is 0.0124. The quantitative estimate of drug-likeness (QED) is 0.766. The number of hydrogen-bond acceptors (Lipinski definition) is 5. The van der Waals surface area contributed by atoms with Gasteiger partial charge in [-0.2, -0.15) is 0 Å². The Labute approximate surface area is 117 Å². The molecule has 1 amide bonds. The van der Waals surface area contributed by atoms with Crippen molar-refractivity contribution in [2.75, 3.05) is 26.3 Å². The first-order valence-electron chi connectivity index (χ1n) is 6.61. The molecular weight excluding hydrogens is 266 g/mol. The molecule has 2 rings (SSSR count). The van der Waals surface area contributed by atoms with E-state index in [-0.39, 0.29) is 32.7 Å². The van der Waals surface area contributed by atoms with Gasteiger partial charge < -0.3 is 24.6 Å². The molecule has 2 saturated heterocycles. The van der Waals surface area contributed by atoms with Crippen LogP contribution in [-0.2, 0) is 14.3 Å². The first kappa shape index (κ1) is 15.1. The number of ether oxygens (including phenoxy) is 2. The molecule has 2 heterocycles. The minimum Gasteiger partial charge on any atom is -0.481 e. The van der Waals surface area contributed by atoms with E-state index in [9.17, 15) is 19.8 Å². The lowest BCUT2D eigenvalue weighted by atomic mass is 9.69. The largest absolute Gasteiger partial charge is 0.481 e. The lowest BCUT2D eigenvalue weighted by Crippen LogP contribution is -2.65. The summed E-state index contributed by atoms with van der Waals surface area (Å²) < 4.78 is 10.2. The maximum Gasteiger partial charge on any atom is 0.410 e. The predicted molar refractivity (Wildman–Crippen MR) is 68.3 cm³/mol. The van der Waals surface area contributed by atoms with Crippen molar-refractivity contribution < 1.29 is 29.3 Å². The van der Waals surface area contributed by atoms with Gasteiger partial charge in [-0.25, -0.2) is 4.79 Å². The van der Waals surface area contributed by atoms with E-state index >= 15 is 0 Å². The van der Waals surface area contributed by atoms with E-state index in [1.165, 1.54) is 4.90 Å². The van der Waals surface area contributed by atoms with Crippen LogP contribution in [0.3, 0.4) is 0 Å². The van der Waals surface area contributed by atoms with Crippen molar-refractivity contribution in [2.24, 2.45) is 5.41 Å². The summed E-state index contributed by atoms with van der Waals surface area (Å²) in [4.78, 5) is 25.0. The summed E-state index contributed by atoms with van der Waals surface area (Å²) in [6.07, 6.45) is -0.356. The number of carbonyl (C=O) groups excluding carboxylic acids is 1. The fraction of sp³-hybridized carbons (Fsp3) is 0.846. The first-order valence-corrected chi connectivity index (χ1v) is 6.61. The smallest absolute Gasteiger partial charge is 0.410 e. The highest BCUT2D eigenvalue weighted by Crippen LogP contribution is 2.45. The molecule has 20 heavy (non-hydrogen) atoms. The second kappa shape index (κ2) is 4.60. The second-order valence-electron chi connectivity index (χ2n) is 6.56. The highest BCUT2D eigenvalue weighted by Gasteiger charge is 2.63. The molecule has 0 radical (unpaired) electrons. The maximum atomic E-state index is 12.0. The van der Waals surface area contributed by atoms with Crippen molar-refractivity contribution in [1.29, 1.82) is 0 Å². The molecule has 0 aromatic rings. The predicted octanol–water partition coefficient (Wildman–Crippen LogP) is 0.460. The third-order valence-corrected chi connectivity index (χ3v) is 3.90. The molecule has 0 bridgehead atoms. The minimum atomic E-state index is -1.41. The third-order valence-electron chi connectivity index (χ3n) is 3.90. The van der Waals surface area contributed by atoms with E-state index in [0.717, 1.165) is 0 Å². The number of hydrogen-bond donors (Lipinski definition) is 2. The average Bonchev–Trinajstić information content (AvgIpc) is 2.69. The number of nitrogens with zero attached hydrogens (tertiary/aromatic N) is 1. The number of aliphatic hydroxyl groups is 1. The van der Waals surface area contributed by atoms with Gasteiger partial charge in [0, 0.05) is 13.1 Å². The molecule has 114 valence electrons. The van der Waals surface area contributed by atoms with Crippen LogP contribution in [0.15, 0.2) is 0 Å². The van der Waals surface area contributed by atoms with Crippen LogP contribution in [0.25, 0.3) is 0 Å². The number of likely N-dealkylation sites (tertiary alicyclic amines) is 1. The van der Waals surface area contributed by atoms with E-state index in [1.54, 1.807) is 20.8 Å². The van der Waals surface area contributed by atoms with Crippen molar-refractivity contribution in [3.8, 4) is 0 Å². The van der Waals surface area contributed by atoms with Crippen LogP contribution < -0.4 is 0 Å². The van der Waals surface area contributed by atoms with Crippen LogP contribution in [0.5, 0.6) is 0 Å². The Balaban J connectivity index is 2.13. The number of carboxylic acid groups (broad SMARTS) is 1. The Morgan fingerprint density at radius 2 is 1.90 bits per heavy atom. The van der Waals surface area contributed by atoms with Gasteiger partial charge in [0.15, 0.2) is 0 Å². The van der Waals surface area contributed by atoms with Crippen molar-refractivity contribution in [3.63, 3.8) is 0 Å². The molecule has 1 unspecified atom stereocenters. The Morgan fingerprint density at radius 3 is 2.30 bits per heavy atom. The molecule has 0 aliphatic carbocycles. The zero-order valence-corrected chi connectivity index (χ0v) is 12.0. The Morgan fingerprint density at radius 1 is 1.30 bits per heavy atom. The number of aliphatic carboxylic acids is 1. The van der Waals surface area contributed by atoms with Crippen molar-refractivity contribution in [2.45, 2.75) is 38.4 Å². The van der Waals surface area contributed by atoms with Crippen LogP contribution in [0, 0.1) is 5.41 Å². The average molecular weight is 287 g/mol. The van der Waals surface area contributed by atoms with Gasteiger partial charge in [0.1, 0.15) is 16.6 Å². The molecule has 0 aromatic heterocycles. The Bertz CT molecular complexity index is 425. The van der Waals surface area contributed by atoms with Crippen LogP contribution >= 0.6 is 0 Å². The Hall–Kier alpha value is -1.34. The SMILES string of the molecule is CC(C)(C)OC(=O)N1CCC(C(=O)O)(C2(O)COC2)C1. The highest BCUT2D eigenvalue weighted by molar-refractivity contribution is 5.79. The summed E-state index contributed by atoms with van der Waals surface area (Å²) in [7, 11) is 0. The lowest BCUT2D eigenvalue weighted by Gasteiger charge is -2.47. The molecule has 2 N–H and O–H groups in total. The number of rotatable bonds is 2. The maximum absolute atomic E-state index is 12.0. The topological polar surface area (TPSA) is 96.3 Å². The molecule has 0 spiro atoms. The summed E-state index contributed by atoms with van der Waals surface area (Å²) in [6, 6.07) is 0. The molecule has 2 aliphatic rings. The fourth-order valence-electron chi connectivity index (χ4n) is 2.62. The van der Waals surface area contributed by atoms with Gasteiger partial charge in [-0.3, -0.25) is 4.79 Å². The summed E-state index contributed by atoms with van der Waals surface area (Å²) in [5, 5.41) is 19.9. The van der Waals surface area contributed by atoms with Crippen LogP contribution in [0.4, 0.5) is 4.79 Å². The normalized spacial score (nSPS) is 28.9. The van der Waals surface area contributed by atoms with Crippen molar-refractivity contribution >= 4 is 12.1 Å². The first-order chi connectivity index (χ1) is 9.10. The van der Waals surface area contributed by atoms with Crippen molar-refractivity contribution in [3.05, 3.63) is 0 Å². The van der Waals surface area contributed by atoms with Gasteiger partial charge in [0.2, 0.25) is 0 Å². The van der Waals surface area contributed by atoms with Crippen LogP contribution in [0.1, 0.15) is 27.2 Å². The monoisotopic (exact) mass is 287 g/mol.